The number of nitrogens with two attached hydrogens (primary N) is 1. The highest BCUT2D eigenvalue weighted by atomic mass is 16.5. The van der Waals surface area contributed by atoms with Crippen molar-refractivity contribution in [2.24, 2.45) is 11.7 Å². The third kappa shape index (κ3) is 3.01. The highest BCUT2D eigenvalue weighted by Gasteiger charge is 2.58. The van der Waals surface area contributed by atoms with Gasteiger partial charge >= 0.3 is 0 Å². The maximum atomic E-state index is 10.8. The van der Waals surface area contributed by atoms with Crippen molar-refractivity contribution >= 4 is 0 Å². The fourth-order valence-corrected chi connectivity index (χ4v) is 5.54. The largest absolute Gasteiger partial charge is 0.454 e. The first-order chi connectivity index (χ1) is 16.5. The SMILES string of the molecule is NC1(c2ccc(-c3nc4c(nc3-c3ccccc3)OCn3ccnc3-4)cc2)CC(O)(C2CC2)C1. The first-order valence-electron chi connectivity index (χ1n) is 11.8. The number of hydrogen-bond donors (Lipinski definition) is 2. The third-order valence-corrected chi connectivity index (χ3v) is 7.49. The van der Waals surface area contributed by atoms with Crippen LogP contribution in [0.2, 0.25) is 0 Å². The second-order valence-electron chi connectivity index (χ2n) is 9.90. The molecule has 0 bridgehead atoms. The van der Waals surface area contributed by atoms with Crippen LogP contribution in [0.25, 0.3) is 34.0 Å². The zero-order chi connectivity index (χ0) is 22.9. The lowest BCUT2D eigenvalue weighted by Crippen LogP contribution is -2.60. The number of aromatic nitrogens is 4. The summed E-state index contributed by atoms with van der Waals surface area (Å²) in [4.78, 5) is 14.4. The summed E-state index contributed by atoms with van der Waals surface area (Å²) in [7, 11) is 0. The van der Waals surface area contributed by atoms with Crippen LogP contribution in [0.3, 0.4) is 0 Å². The molecule has 3 aliphatic rings. The first kappa shape index (κ1) is 19.9. The molecule has 7 heteroatoms. The number of nitrogens with zero attached hydrogens (tertiary/aromatic N) is 4. The van der Waals surface area contributed by atoms with Gasteiger partial charge in [0, 0.05) is 29.1 Å². The molecule has 1 aliphatic heterocycles. The lowest BCUT2D eigenvalue weighted by Gasteiger charge is -2.52. The van der Waals surface area contributed by atoms with Crippen molar-refractivity contribution in [2.75, 3.05) is 0 Å². The molecule has 34 heavy (non-hydrogen) atoms. The van der Waals surface area contributed by atoms with E-state index in [1.807, 2.05) is 41.1 Å². The number of imidazole rings is 1. The summed E-state index contributed by atoms with van der Waals surface area (Å²) in [5.74, 6) is 1.67. The topological polar surface area (TPSA) is 99.1 Å². The second-order valence-corrected chi connectivity index (χ2v) is 9.90. The Labute approximate surface area is 197 Å². The Morgan fingerprint density at radius 2 is 1.62 bits per heavy atom. The average Bonchev–Trinajstić information content (AvgIpc) is 3.60. The molecule has 7 rings (SSSR count). The molecule has 2 aromatic heterocycles. The molecule has 170 valence electrons. The summed E-state index contributed by atoms with van der Waals surface area (Å²) in [6.07, 6.45) is 7.11. The van der Waals surface area contributed by atoms with Gasteiger partial charge in [-0.25, -0.2) is 15.0 Å². The smallest absolute Gasteiger partial charge is 0.246 e. The van der Waals surface area contributed by atoms with Crippen molar-refractivity contribution in [1.29, 1.82) is 0 Å². The van der Waals surface area contributed by atoms with E-state index in [1.165, 1.54) is 0 Å². The quantitative estimate of drug-likeness (QED) is 0.484. The monoisotopic (exact) mass is 451 g/mol. The highest BCUT2D eigenvalue weighted by Crippen LogP contribution is 2.57. The van der Waals surface area contributed by atoms with E-state index in [1.54, 1.807) is 6.20 Å². The van der Waals surface area contributed by atoms with Crippen molar-refractivity contribution in [3.05, 3.63) is 72.6 Å². The van der Waals surface area contributed by atoms with Crippen LogP contribution in [0.5, 0.6) is 5.88 Å². The zero-order valence-electron chi connectivity index (χ0n) is 18.7. The van der Waals surface area contributed by atoms with Gasteiger partial charge in [0.25, 0.3) is 0 Å². The van der Waals surface area contributed by atoms with Crippen molar-refractivity contribution in [3.8, 4) is 39.9 Å². The molecule has 2 aromatic carbocycles. The molecule has 0 spiro atoms. The Kier molecular flexibility index (Phi) is 4.08. The normalized spacial score (nSPS) is 25.1. The molecular weight excluding hydrogens is 426 g/mol. The standard InChI is InChI=1S/C27H25N5O2/c28-26(14-27(33,15-26)20-10-11-20)19-8-6-18(7-9-19)21-22(17-4-2-1-3-5-17)31-25-23(30-21)24-29-12-13-32(24)16-34-25/h1-9,12-13,20,33H,10-11,14-16,28H2. The Balaban J connectivity index is 1.30. The number of hydrogen-bond acceptors (Lipinski definition) is 6. The van der Waals surface area contributed by atoms with Gasteiger partial charge in [-0.3, -0.25) is 4.57 Å². The van der Waals surface area contributed by atoms with E-state index in [0.717, 1.165) is 46.7 Å². The molecule has 0 atom stereocenters. The second kappa shape index (κ2) is 6.98. The van der Waals surface area contributed by atoms with Gasteiger partial charge in [0.1, 0.15) is 5.69 Å². The minimum atomic E-state index is -0.584. The summed E-state index contributed by atoms with van der Waals surface area (Å²) in [5, 5.41) is 10.8. The first-order valence-corrected chi connectivity index (χ1v) is 11.8. The lowest BCUT2D eigenvalue weighted by molar-refractivity contribution is -0.106. The van der Waals surface area contributed by atoms with Gasteiger partial charge in [-0.1, -0.05) is 54.6 Å². The maximum Gasteiger partial charge on any atom is 0.246 e. The van der Waals surface area contributed by atoms with E-state index in [9.17, 15) is 5.11 Å². The number of fused-ring (bicyclic) bond motifs is 3. The van der Waals surface area contributed by atoms with Gasteiger partial charge < -0.3 is 15.6 Å². The van der Waals surface area contributed by atoms with E-state index >= 15 is 0 Å². The Bertz CT molecular complexity index is 1390. The van der Waals surface area contributed by atoms with Crippen LogP contribution < -0.4 is 10.5 Å². The number of rotatable bonds is 4. The number of aliphatic hydroxyl groups is 1. The summed E-state index contributed by atoms with van der Waals surface area (Å²) in [6.45, 7) is 0.366. The van der Waals surface area contributed by atoms with Crippen LogP contribution in [-0.2, 0) is 12.3 Å². The van der Waals surface area contributed by atoms with Crippen molar-refractivity contribution in [2.45, 2.75) is 43.6 Å². The molecule has 3 N–H and O–H groups in total. The number of ether oxygens (including phenoxy) is 1. The average molecular weight is 452 g/mol. The molecule has 0 unspecified atom stereocenters. The molecule has 7 nitrogen and oxygen atoms in total. The summed E-state index contributed by atoms with van der Waals surface area (Å²) in [6, 6.07) is 18.3. The van der Waals surface area contributed by atoms with Gasteiger partial charge in [-0.05, 0) is 37.2 Å². The lowest BCUT2D eigenvalue weighted by atomic mass is 9.60. The van der Waals surface area contributed by atoms with E-state index in [0.29, 0.717) is 37.1 Å². The molecule has 2 aliphatic carbocycles. The van der Waals surface area contributed by atoms with E-state index in [2.05, 4.69) is 29.2 Å². The maximum absolute atomic E-state index is 10.8. The van der Waals surface area contributed by atoms with Gasteiger partial charge in [0.05, 0.1) is 11.3 Å². The van der Waals surface area contributed by atoms with Crippen molar-refractivity contribution < 1.29 is 9.84 Å². The number of benzene rings is 2. The summed E-state index contributed by atoms with van der Waals surface area (Å²) >= 11 is 0. The van der Waals surface area contributed by atoms with Gasteiger partial charge in [-0.2, -0.15) is 0 Å². The fraction of sp³-hybridized carbons (Fsp3) is 0.296. The predicted octanol–water partition coefficient (Wildman–Crippen LogP) is 4.11. The molecule has 4 aromatic rings. The van der Waals surface area contributed by atoms with Crippen LogP contribution in [0.1, 0.15) is 31.2 Å². The van der Waals surface area contributed by atoms with Crippen LogP contribution >= 0.6 is 0 Å². The highest BCUT2D eigenvalue weighted by molar-refractivity contribution is 5.81. The van der Waals surface area contributed by atoms with Gasteiger partial charge in [-0.15, -0.1) is 0 Å². The molecule has 0 saturated heterocycles. The molecule has 2 fully saturated rings. The molecule has 0 amide bonds. The Morgan fingerprint density at radius 1 is 0.912 bits per heavy atom. The summed E-state index contributed by atoms with van der Waals surface area (Å²) < 4.78 is 7.82. The van der Waals surface area contributed by atoms with E-state index < -0.39 is 11.1 Å². The Hall–Kier alpha value is -3.55. The molecular formula is C27H25N5O2. The minimum Gasteiger partial charge on any atom is -0.454 e. The van der Waals surface area contributed by atoms with Crippen LogP contribution in [-0.4, -0.2) is 30.2 Å². The Morgan fingerprint density at radius 3 is 2.35 bits per heavy atom. The minimum absolute atomic E-state index is 0.366. The van der Waals surface area contributed by atoms with Crippen LogP contribution in [0.15, 0.2) is 67.0 Å². The van der Waals surface area contributed by atoms with Crippen LogP contribution in [0.4, 0.5) is 0 Å². The van der Waals surface area contributed by atoms with Crippen molar-refractivity contribution in [1.82, 2.24) is 19.5 Å². The fourth-order valence-electron chi connectivity index (χ4n) is 5.54. The molecule has 2 saturated carbocycles. The van der Waals surface area contributed by atoms with E-state index in [-0.39, 0.29) is 0 Å². The zero-order valence-corrected chi connectivity index (χ0v) is 18.7. The van der Waals surface area contributed by atoms with Gasteiger partial charge in [0.15, 0.2) is 18.2 Å². The molecule has 0 radical (unpaired) electrons. The van der Waals surface area contributed by atoms with Crippen molar-refractivity contribution in [3.63, 3.8) is 0 Å². The summed E-state index contributed by atoms with van der Waals surface area (Å²) in [5.41, 5.74) is 10.8. The third-order valence-electron chi connectivity index (χ3n) is 7.49. The molecule has 3 heterocycles. The predicted molar refractivity (Wildman–Crippen MR) is 128 cm³/mol. The van der Waals surface area contributed by atoms with Gasteiger partial charge in [0.2, 0.25) is 5.88 Å². The van der Waals surface area contributed by atoms with Crippen LogP contribution in [0, 0.1) is 5.92 Å². The van der Waals surface area contributed by atoms with E-state index in [4.69, 9.17) is 20.4 Å².